The monoisotopic (exact) mass is 438 g/mol. The number of non-ortho nitro benzene ring substituents is 1. The summed E-state index contributed by atoms with van der Waals surface area (Å²) in [5, 5.41) is 11.6. The van der Waals surface area contributed by atoms with E-state index in [2.05, 4.69) is 0 Å². The lowest BCUT2D eigenvalue weighted by atomic mass is 9.69. The number of nitro groups is 1. The molecule has 0 fully saturated rings. The molecule has 2 aromatic carbocycles. The maximum Gasteiger partial charge on any atom is 0.269 e. The van der Waals surface area contributed by atoms with Gasteiger partial charge >= 0.3 is 0 Å². The second-order valence-corrected chi connectivity index (χ2v) is 9.48. The first-order chi connectivity index (χ1) is 14.6. The SMILES string of the molecule is Cc1ccc(N2C(=O)CC(c3ccc([N+](=O)[O-])cc3)C3=C2CC(C)(C)CC3=O)cc1Cl. The number of carbonyl (C=O) groups is 2. The van der Waals surface area contributed by atoms with Gasteiger partial charge in [0.25, 0.3) is 5.69 Å². The quantitative estimate of drug-likeness (QED) is 0.453. The highest BCUT2D eigenvalue weighted by molar-refractivity contribution is 6.31. The average molecular weight is 439 g/mol. The zero-order valence-corrected chi connectivity index (χ0v) is 18.4. The van der Waals surface area contributed by atoms with Crippen LogP contribution in [-0.2, 0) is 9.59 Å². The third kappa shape index (κ3) is 3.88. The van der Waals surface area contributed by atoms with Gasteiger partial charge in [-0.3, -0.25) is 24.6 Å². The van der Waals surface area contributed by atoms with E-state index in [9.17, 15) is 19.7 Å². The van der Waals surface area contributed by atoms with Gasteiger partial charge in [0.05, 0.1) is 10.6 Å². The van der Waals surface area contributed by atoms with Crippen LogP contribution < -0.4 is 4.90 Å². The van der Waals surface area contributed by atoms with Crippen LogP contribution in [0.2, 0.25) is 5.02 Å². The molecule has 160 valence electrons. The first-order valence-electron chi connectivity index (χ1n) is 10.2. The summed E-state index contributed by atoms with van der Waals surface area (Å²) in [6.07, 6.45) is 1.09. The fourth-order valence-corrected chi connectivity index (χ4v) is 4.72. The van der Waals surface area contributed by atoms with Crippen molar-refractivity contribution in [2.45, 2.75) is 46.0 Å². The van der Waals surface area contributed by atoms with Crippen molar-refractivity contribution in [3.05, 3.63) is 80.0 Å². The Morgan fingerprint density at radius 2 is 1.77 bits per heavy atom. The minimum atomic E-state index is -0.461. The minimum absolute atomic E-state index is 0.0188. The molecule has 2 aliphatic rings. The predicted octanol–water partition coefficient (Wildman–Crippen LogP) is 5.72. The molecule has 7 heteroatoms. The Labute approximate surface area is 185 Å². The van der Waals surface area contributed by atoms with Crippen LogP contribution >= 0.6 is 11.6 Å². The molecular formula is C24H23ClN2O4. The maximum absolute atomic E-state index is 13.4. The van der Waals surface area contributed by atoms with Gasteiger partial charge in [-0.2, -0.15) is 0 Å². The van der Waals surface area contributed by atoms with Gasteiger partial charge in [-0.25, -0.2) is 0 Å². The topological polar surface area (TPSA) is 80.5 Å². The molecule has 1 amide bonds. The second-order valence-electron chi connectivity index (χ2n) is 9.07. The minimum Gasteiger partial charge on any atom is -0.294 e. The number of benzene rings is 2. The van der Waals surface area contributed by atoms with Crippen LogP contribution in [-0.4, -0.2) is 16.6 Å². The van der Waals surface area contributed by atoms with Crippen molar-refractivity contribution < 1.29 is 14.5 Å². The average Bonchev–Trinajstić information content (AvgIpc) is 2.68. The second kappa shape index (κ2) is 7.61. The largest absolute Gasteiger partial charge is 0.294 e. The molecule has 1 atom stereocenters. The highest BCUT2D eigenvalue weighted by atomic mass is 35.5. The van der Waals surface area contributed by atoms with Gasteiger partial charge in [0.1, 0.15) is 0 Å². The van der Waals surface area contributed by atoms with Crippen molar-refractivity contribution in [3.8, 4) is 0 Å². The Bertz CT molecular complexity index is 1130. The zero-order chi connectivity index (χ0) is 22.5. The molecule has 0 saturated heterocycles. The lowest BCUT2D eigenvalue weighted by molar-refractivity contribution is -0.384. The number of amides is 1. The number of ketones is 1. The molecule has 0 bridgehead atoms. The van der Waals surface area contributed by atoms with Gasteiger partial charge in [0.2, 0.25) is 5.91 Å². The number of nitrogens with zero attached hydrogens (tertiary/aromatic N) is 2. The van der Waals surface area contributed by atoms with Gasteiger partial charge in [0.15, 0.2) is 5.78 Å². The predicted molar refractivity (Wildman–Crippen MR) is 119 cm³/mol. The molecule has 2 aromatic rings. The van der Waals surface area contributed by atoms with Crippen molar-refractivity contribution in [1.29, 1.82) is 0 Å². The Morgan fingerprint density at radius 3 is 2.39 bits per heavy atom. The number of allylic oxidation sites excluding steroid dienone is 2. The molecule has 1 aliphatic carbocycles. The van der Waals surface area contributed by atoms with Crippen LogP contribution in [0.4, 0.5) is 11.4 Å². The summed E-state index contributed by atoms with van der Waals surface area (Å²) < 4.78 is 0. The van der Waals surface area contributed by atoms with E-state index < -0.39 is 10.8 Å². The number of Topliss-reactive ketones (excluding diaryl/α,β-unsaturated/α-hetero) is 1. The van der Waals surface area contributed by atoms with Crippen LogP contribution in [0.15, 0.2) is 53.7 Å². The van der Waals surface area contributed by atoms with E-state index in [0.717, 1.165) is 11.1 Å². The number of aryl methyl sites for hydroxylation is 1. The maximum atomic E-state index is 13.4. The molecule has 4 rings (SSSR count). The molecule has 31 heavy (non-hydrogen) atoms. The lowest BCUT2D eigenvalue weighted by Crippen LogP contribution is -2.43. The molecule has 1 heterocycles. The van der Waals surface area contributed by atoms with Crippen LogP contribution in [0.25, 0.3) is 0 Å². The van der Waals surface area contributed by atoms with Crippen molar-refractivity contribution in [2.24, 2.45) is 5.41 Å². The van der Waals surface area contributed by atoms with Crippen molar-refractivity contribution in [2.75, 3.05) is 4.90 Å². The van der Waals surface area contributed by atoms with E-state index in [0.29, 0.717) is 34.8 Å². The van der Waals surface area contributed by atoms with Crippen LogP contribution in [0, 0.1) is 22.5 Å². The van der Waals surface area contributed by atoms with E-state index >= 15 is 0 Å². The summed E-state index contributed by atoms with van der Waals surface area (Å²) in [7, 11) is 0. The third-order valence-electron chi connectivity index (χ3n) is 6.06. The Hall–Kier alpha value is -2.99. The Morgan fingerprint density at radius 1 is 1.10 bits per heavy atom. The van der Waals surface area contributed by atoms with Gasteiger partial charge < -0.3 is 0 Å². The van der Waals surface area contributed by atoms with Gasteiger partial charge in [-0.1, -0.05) is 43.6 Å². The molecule has 0 saturated carbocycles. The summed E-state index contributed by atoms with van der Waals surface area (Å²) in [5.74, 6) is -0.512. The van der Waals surface area contributed by atoms with Crippen molar-refractivity contribution in [1.82, 2.24) is 0 Å². The molecule has 1 unspecified atom stereocenters. The molecule has 0 aromatic heterocycles. The number of rotatable bonds is 3. The lowest BCUT2D eigenvalue weighted by Gasteiger charge is -2.43. The van der Waals surface area contributed by atoms with Gasteiger partial charge in [-0.05, 0) is 42.0 Å². The summed E-state index contributed by atoms with van der Waals surface area (Å²) in [4.78, 5) is 38.8. The summed E-state index contributed by atoms with van der Waals surface area (Å²) >= 11 is 6.33. The first-order valence-corrected chi connectivity index (χ1v) is 10.5. The Balaban J connectivity index is 1.86. The van der Waals surface area contributed by atoms with E-state index in [-0.39, 0.29) is 29.2 Å². The summed E-state index contributed by atoms with van der Waals surface area (Å²) in [6.45, 7) is 5.94. The number of hydrogen-bond acceptors (Lipinski definition) is 4. The number of nitro benzene ring substituents is 1. The molecular weight excluding hydrogens is 416 g/mol. The molecule has 0 N–H and O–H groups in total. The summed E-state index contributed by atoms with van der Waals surface area (Å²) in [5.41, 5.74) is 3.34. The molecule has 0 spiro atoms. The zero-order valence-electron chi connectivity index (χ0n) is 17.6. The highest BCUT2D eigenvalue weighted by Crippen LogP contribution is 2.48. The van der Waals surface area contributed by atoms with Crippen molar-refractivity contribution >= 4 is 34.7 Å². The Kier molecular flexibility index (Phi) is 5.21. The normalized spacial score (nSPS) is 20.6. The van der Waals surface area contributed by atoms with Gasteiger partial charge in [0, 0.05) is 47.2 Å². The number of hydrogen-bond donors (Lipinski definition) is 0. The fraction of sp³-hybridized carbons (Fsp3) is 0.333. The van der Waals surface area contributed by atoms with Crippen LogP contribution in [0.3, 0.4) is 0 Å². The summed E-state index contributed by atoms with van der Waals surface area (Å²) in [6, 6.07) is 11.6. The molecule has 0 radical (unpaired) electrons. The molecule has 6 nitrogen and oxygen atoms in total. The van der Waals surface area contributed by atoms with E-state index in [1.54, 1.807) is 23.1 Å². The van der Waals surface area contributed by atoms with E-state index in [1.807, 2.05) is 32.9 Å². The van der Waals surface area contributed by atoms with E-state index in [1.165, 1.54) is 12.1 Å². The molecule has 1 aliphatic heterocycles. The van der Waals surface area contributed by atoms with E-state index in [4.69, 9.17) is 11.6 Å². The third-order valence-corrected chi connectivity index (χ3v) is 6.47. The van der Waals surface area contributed by atoms with Crippen LogP contribution in [0.1, 0.15) is 50.2 Å². The highest BCUT2D eigenvalue weighted by Gasteiger charge is 2.44. The fourth-order valence-electron chi connectivity index (χ4n) is 4.55. The van der Waals surface area contributed by atoms with Crippen LogP contribution in [0.5, 0.6) is 0 Å². The number of anilines is 1. The van der Waals surface area contributed by atoms with Gasteiger partial charge in [-0.15, -0.1) is 0 Å². The standard InChI is InChI=1S/C24H23ClN2O4/c1-14-4-7-17(10-19(14)25)26-20-12-24(2,3)13-21(28)23(20)18(11-22(26)29)15-5-8-16(9-6-15)27(30)31/h4-10,18H,11-13H2,1-3H3. The number of halogens is 1. The number of carbonyl (C=O) groups excluding carboxylic acids is 2. The van der Waals surface area contributed by atoms with Crippen molar-refractivity contribution in [3.63, 3.8) is 0 Å². The smallest absolute Gasteiger partial charge is 0.269 e. The first kappa shape index (κ1) is 21.2.